The molecule has 0 bridgehead atoms. The lowest BCUT2D eigenvalue weighted by Gasteiger charge is -2.23. The highest BCUT2D eigenvalue weighted by Gasteiger charge is 2.37. The van der Waals surface area contributed by atoms with E-state index in [1.807, 2.05) is 57.2 Å². The number of hydrogen-bond donors (Lipinski definition) is 3. The lowest BCUT2D eigenvalue weighted by molar-refractivity contribution is -0.123. The highest BCUT2D eigenvalue weighted by Crippen LogP contribution is 2.40. The average Bonchev–Trinajstić information content (AvgIpc) is 3.71. The molecule has 39 heavy (non-hydrogen) atoms. The molecule has 0 aromatic heterocycles. The van der Waals surface area contributed by atoms with Gasteiger partial charge in [0.1, 0.15) is 11.6 Å². The summed E-state index contributed by atoms with van der Waals surface area (Å²) in [6.07, 6.45) is 2.89. The minimum Gasteiger partial charge on any atom is -0.444 e. The van der Waals surface area contributed by atoms with E-state index in [2.05, 4.69) is 64.5 Å². The summed E-state index contributed by atoms with van der Waals surface area (Å²) in [4.78, 5) is 25.5. The molecular weight excluding hydrogens is 486 g/mol. The van der Waals surface area contributed by atoms with Crippen LogP contribution in [0.15, 0.2) is 84.9 Å². The topological polar surface area (TPSA) is 79.5 Å². The summed E-state index contributed by atoms with van der Waals surface area (Å²) in [5, 5.41) is 9.41. The Morgan fingerprint density at radius 3 is 2.18 bits per heavy atom. The van der Waals surface area contributed by atoms with Crippen LogP contribution in [0.4, 0.5) is 4.79 Å². The Hall–Kier alpha value is -3.64. The summed E-state index contributed by atoms with van der Waals surface area (Å²) < 4.78 is 5.41. The fourth-order valence-electron chi connectivity index (χ4n) is 4.73. The summed E-state index contributed by atoms with van der Waals surface area (Å²) >= 11 is 0. The Morgan fingerprint density at radius 1 is 0.872 bits per heavy atom. The number of alkyl carbamates (subject to hydrolysis) is 1. The third-order valence-electron chi connectivity index (χ3n) is 6.88. The molecule has 1 unspecified atom stereocenters. The third kappa shape index (κ3) is 9.25. The highest BCUT2D eigenvalue weighted by atomic mass is 16.6. The van der Waals surface area contributed by atoms with E-state index >= 15 is 0 Å². The minimum atomic E-state index is -0.651. The zero-order valence-electron chi connectivity index (χ0n) is 23.3. The first-order valence-electron chi connectivity index (χ1n) is 14.0. The molecule has 3 aromatic carbocycles. The number of ether oxygens (including phenoxy) is 1. The van der Waals surface area contributed by atoms with Crippen molar-refractivity contribution in [3.05, 3.63) is 96.1 Å². The molecule has 0 aliphatic heterocycles. The largest absolute Gasteiger partial charge is 0.444 e. The molecule has 0 heterocycles. The highest BCUT2D eigenvalue weighted by molar-refractivity contribution is 5.85. The van der Waals surface area contributed by atoms with Crippen LogP contribution in [0.2, 0.25) is 0 Å². The van der Waals surface area contributed by atoms with Crippen LogP contribution >= 0.6 is 0 Å². The first kappa shape index (κ1) is 28.4. The van der Waals surface area contributed by atoms with Gasteiger partial charge < -0.3 is 20.7 Å². The van der Waals surface area contributed by atoms with Crippen molar-refractivity contribution in [1.29, 1.82) is 0 Å². The van der Waals surface area contributed by atoms with Gasteiger partial charge in [0.15, 0.2) is 0 Å². The van der Waals surface area contributed by atoms with Crippen LogP contribution in [0.25, 0.3) is 11.1 Å². The van der Waals surface area contributed by atoms with E-state index in [1.54, 1.807) is 0 Å². The Morgan fingerprint density at radius 2 is 1.51 bits per heavy atom. The normalized spacial score (nSPS) is 17.2. The summed E-state index contributed by atoms with van der Waals surface area (Å²) in [6, 6.07) is 28.8. The maximum atomic E-state index is 13.1. The molecule has 3 N–H and O–H groups in total. The maximum absolute atomic E-state index is 13.1. The van der Waals surface area contributed by atoms with Gasteiger partial charge in [-0.15, -0.1) is 0 Å². The molecule has 3 atom stereocenters. The molecule has 1 aliphatic rings. The summed E-state index contributed by atoms with van der Waals surface area (Å²) in [7, 11) is 0. The van der Waals surface area contributed by atoms with Gasteiger partial charge in [-0.25, -0.2) is 4.79 Å². The number of benzene rings is 3. The molecule has 6 heteroatoms. The first-order chi connectivity index (χ1) is 18.8. The number of nitrogens with one attached hydrogen (secondary N) is 3. The molecule has 0 saturated heterocycles. The molecular formula is C33H41N3O3. The van der Waals surface area contributed by atoms with E-state index in [1.165, 1.54) is 12.0 Å². The van der Waals surface area contributed by atoms with Crippen LogP contribution in [0.1, 0.15) is 63.5 Å². The van der Waals surface area contributed by atoms with E-state index in [-0.39, 0.29) is 5.91 Å². The van der Waals surface area contributed by atoms with Crippen molar-refractivity contribution < 1.29 is 14.3 Å². The van der Waals surface area contributed by atoms with E-state index in [4.69, 9.17) is 4.74 Å². The second-order valence-corrected chi connectivity index (χ2v) is 11.3. The third-order valence-corrected chi connectivity index (χ3v) is 6.88. The molecule has 4 rings (SSSR count). The second kappa shape index (κ2) is 13.4. The Bertz CT molecular complexity index is 1190. The van der Waals surface area contributed by atoms with E-state index in [0.717, 1.165) is 36.1 Å². The van der Waals surface area contributed by atoms with Gasteiger partial charge >= 0.3 is 6.09 Å². The first-order valence-corrected chi connectivity index (χ1v) is 14.0. The lowest BCUT2D eigenvalue weighted by atomic mass is 10.0. The number of unbranched alkanes of at least 4 members (excludes halogenated alkanes) is 1. The Balaban J connectivity index is 1.24. The zero-order valence-corrected chi connectivity index (χ0v) is 23.3. The molecule has 3 aromatic rings. The number of hydrogen-bond acceptors (Lipinski definition) is 4. The van der Waals surface area contributed by atoms with Gasteiger partial charge in [0, 0.05) is 18.5 Å². The van der Waals surface area contributed by atoms with Crippen molar-refractivity contribution in [2.75, 3.05) is 6.54 Å². The van der Waals surface area contributed by atoms with Crippen LogP contribution in [0, 0.1) is 0 Å². The second-order valence-electron chi connectivity index (χ2n) is 11.3. The van der Waals surface area contributed by atoms with Crippen molar-refractivity contribution in [3.8, 4) is 11.1 Å². The average molecular weight is 528 g/mol. The van der Waals surface area contributed by atoms with Gasteiger partial charge in [-0.1, -0.05) is 84.9 Å². The van der Waals surface area contributed by atoms with Gasteiger partial charge in [0.25, 0.3) is 0 Å². The van der Waals surface area contributed by atoms with Crippen LogP contribution < -0.4 is 16.0 Å². The SMILES string of the molecule is CC(C)(C)OC(=O)NC(CCCCN[C@@H]1C[C@H]1c1ccccc1)C(=O)NCc1ccc(-c2ccccc2)cc1. The van der Waals surface area contributed by atoms with Crippen LogP contribution in [-0.4, -0.2) is 36.2 Å². The predicted octanol–water partition coefficient (Wildman–Crippen LogP) is 6.18. The molecule has 1 saturated carbocycles. The number of carbonyl (C=O) groups excluding carboxylic acids is 2. The van der Waals surface area contributed by atoms with Gasteiger partial charge in [0.2, 0.25) is 5.91 Å². The van der Waals surface area contributed by atoms with Crippen molar-refractivity contribution in [2.24, 2.45) is 0 Å². The number of rotatable bonds is 12. The minimum absolute atomic E-state index is 0.202. The molecule has 2 amide bonds. The molecule has 206 valence electrons. The quantitative estimate of drug-likeness (QED) is 0.246. The monoisotopic (exact) mass is 527 g/mol. The predicted molar refractivity (Wildman–Crippen MR) is 156 cm³/mol. The van der Waals surface area contributed by atoms with Gasteiger partial charge in [-0.2, -0.15) is 0 Å². The standard InChI is InChI=1S/C33H41N3O3/c1-33(2,3)39-32(38)36-29(16-10-11-21-34-30-22-28(30)27-14-8-5-9-15-27)31(37)35-23-24-17-19-26(20-18-24)25-12-6-4-7-13-25/h4-9,12-15,17-20,28-30,34H,10-11,16,21-23H2,1-3H3,(H,35,37)(H,36,38)/t28-,29?,30+/m0/s1. The molecule has 6 nitrogen and oxygen atoms in total. The molecule has 1 aliphatic carbocycles. The Kier molecular flexibility index (Phi) is 9.77. The van der Waals surface area contributed by atoms with Crippen molar-refractivity contribution in [1.82, 2.24) is 16.0 Å². The van der Waals surface area contributed by atoms with Crippen LogP contribution in [0.3, 0.4) is 0 Å². The Labute approximate surface area is 232 Å². The summed E-state index contributed by atoms with van der Waals surface area (Å²) in [5.41, 5.74) is 4.05. The maximum Gasteiger partial charge on any atom is 0.408 e. The summed E-state index contributed by atoms with van der Waals surface area (Å²) in [6.45, 7) is 6.72. The molecule has 1 fully saturated rings. The zero-order chi connectivity index (χ0) is 27.7. The van der Waals surface area contributed by atoms with Gasteiger partial charge in [-0.3, -0.25) is 4.79 Å². The fraction of sp³-hybridized carbons (Fsp3) is 0.394. The van der Waals surface area contributed by atoms with E-state index < -0.39 is 17.7 Å². The van der Waals surface area contributed by atoms with Crippen LogP contribution in [0.5, 0.6) is 0 Å². The van der Waals surface area contributed by atoms with Gasteiger partial charge in [-0.05, 0) is 75.3 Å². The molecule has 0 spiro atoms. The number of carbonyl (C=O) groups is 2. The van der Waals surface area contributed by atoms with E-state index in [0.29, 0.717) is 24.9 Å². The lowest BCUT2D eigenvalue weighted by Crippen LogP contribution is -2.48. The van der Waals surface area contributed by atoms with Crippen molar-refractivity contribution in [2.45, 2.75) is 76.6 Å². The summed E-state index contributed by atoms with van der Waals surface area (Å²) in [5.74, 6) is 0.396. The molecule has 0 radical (unpaired) electrons. The van der Waals surface area contributed by atoms with Crippen LogP contribution in [-0.2, 0) is 16.1 Å². The van der Waals surface area contributed by atoms with Crippen molar-refractivity contribution >= 4 is 12.0 Å². The van der Waals surface area contributed by atoms with Crippen molar-refractivity contribution in [3.63, 3.8) is 0 Å². The fourth-order valence-corrected chi connectivity index (χ4v) is 4.73. The smallest absolute Gasteiger partial charge is 0.408 e. The van der Waals surface area contributed by atoms with E-state index in [9.17, 15) is 9.59 Å². The number of amides is 2. The van der Waals surface area contributed by atoms with Gasteiger partial charge in [0.05, 0.1) is 0 Å².